The second-order valence-electron chi connectivity index (χ2n) is 5.02. The topological polar surface area (TPSA) is 92.6 Å². The first-order valence-corrected chi connectivity index (χ1v) is 7.30. The van der Waals surface area contributed by atoms with Gasteiger partial charge in [-0.25, -0.2) is 0 Å². The van der Waals surface area contributed by atoms with E-state index >= 15 is 0 Å². The number of anilines is 1. The third-order valence-electron chi connectivity index (χ3n) is 3.20. The molecule has 0 heterocycles. The number of hydrogen-bond donors (Lipinski definition) is 1. The van der Waals surface area contributed by atoms with E-state index in [1.807, 2.05) is 30.3 Å². The van der Waals surface area contributed by atoms with E-state index < -0.39 is 16.7 Å². The monoisotopic (exact) mass is 347 g/mol. The van der Waals surface area contributed by atoms with Gasteiger partial charge in [0.25, 0.3) is 5.69 Å². The van der Waals surface area contributed by atoms with Crippen LogP contribution in [0.15, 0.2) is 48.5 Å². The van der Waals surface area contributed by atoms with Gasteiger partial charge in [0.2, 0.25) is 0 Å². The van der Waals surface area contributed by atoms with Gasteiger partial charge in [0.05, 0.1) is 4.92 Å². The molecule has 8 heteroatoms. The summed E-state index contributed by atoms with van der Waals surface area (Å²) in [6.45, 7) is 0.272. The predicted molar refractivity (Wildman–Crippen MR) is 89.7 cm³/mol. The molecule has 2 amide bonds. The fraction of sp³-hybridized carbons (Fsp3) is 0.125. The maximum atomic E-state index is 12.1. The minimum absolute atomic E-state index is 0.0504. The summed E-state index contributed by atoms with van der Waals surface area (Å²) >= 11 is 5.70. The van der Waals surface area contributed by atoms with E-state index in [1.54, 1.807) is 0 Å². The highest BCUT2D eigenvalue weighted by molar-refractivity contribution is 6.39. The number of carbonyl (C=O) groups is 2. The molecule has 0 bridgehead atoms. The number of carbonyl (C=O) groups excluding carboxylic acids is 2. The number of amides is 2. The van der Waals surface area contributed by atoms with Gasteiger partial charge >= 0.3 is 11.8 Å². The van der Waals surface area contributed by atoms with Gasteiger partial charge in [-0.1, -0.05) is 41.9 Å². The molecule has 0 radical (unpaired) electrons. The van der Waals surface area contributed by atoms with Crippen LogP contribution in [-0.2, 0) is 16.1 Å². The Morgan fingerprint density at radius 3 is 2.50 bits per heavy atom. The summed E-state index contributed by atoms with van der Waals surface area (Å²) in [6, 6.07) is 13.0. The molecule has 0 aliphatic carbocycles. The molecule has 2 rings (SSSR count). The van der Waals surface area contributed by atoms with Crippen molar-refractivity contribution in [2.45, 2.75) is 6.54 Å². The van der Waals surface area contributed by atoms with Crippen LogP contribution >= 0.6 is 11.6 Å². The Morgan fingerprint density at radius 1 is 1.21 bits per heavy atom. The highest BCUT2D eigenvalue weighted by Gasteiger charge is 2.20. The number of rotatable bonds is 4. The van der Waals surface area contributed by atoms with E-state index in [-0.39, 0.29) is 22.9 Å². The number of nitro benzene ring substituents is 1. The minimum Gasteiger partial charge on any atom is -0.333 e. The van der Waals surface area contributed by atoms with Crippen molar-refractivity contribution < 1.29 is 14.5 Å². The Bertz CT molecular complexity index is 780. The molecule has 24 heavy (non-hydrogen) atoms. The molecule has 0 saturated carbocycles. The third-order valence-corrected chi connectivity index (χ3v) is 3.52. The highest BCUT2D eigenvalue weighted by atomic mass is 35.5. The van der Waals surface area contributed by atoms with Gasteiger partial charge in [-0.05, 0) is 17.7 Å². The van der Waals surface area contributed by atoms with Crippen molar-refractivity contribution >= 4 is 34.8 Å². The van der Waals surface area contributed by atoms with Crippen LogP contribution in [0.4, 0.5) is 11.4 Å². The SMILES string of the molecule is CN(Cc1ccccc1)C(=O)C(=O)Nc1ccc(Cl)c([N+](=O)[O-])c1. The number of halogens is 1. The van der Waals surface area contributed by atoms with Gasteiger partial charge in [-0.2, -0.15) is 0 Å². The summed E-state index contributed by atoms with van der Waals surface area (Å²) in [6.07, 6.45) is 0. The smallest absolute Gasteiger partial charge is 0.313 e. The van der Waals surface area contributed by atoms with Crippen LogP contribution in [-0.4, -0.2) is 28.7 Å². The molecule has 0 atom stereocenters. The summed E-state index contributed by atoms with van der Waals surface area (Å²) in [4.78, 5) is 35.5. The van der Waals surface area contributed by atoms with Gasteiger partial charge in [-0.15, -0.1) is 0 Å². The fourth-order valence-electron chi connectivity index (χ4n) is 2.02. The molecular formula is C16H14ClN3O4. The molecular weight excluding hydrogens is 334 g/mol. The molecule has 0 aromatic heterocycles. The van der Waals surface area contributed by atoms with Crippen molar-refractivity contribution in [3.8, 4) is 0 Å². The average molecular weight is 348 g/mol. The molecule has 7 nitrogen and oxygen atoms in total. The Morgan fingerprint density at radius 2 is 1.88 bits per heavy atom. The maximum absolute atomic E-state index is 12.1. The number of hydrogen-bond acceptors (Lipinski definition) is 4. The standard InChI is InChI=1S/C16H14ClN3O4/c1-19(10-11-5-3-2-4-6-11)16(22)15(21)18-12-7-8-13(17)14(9-12)20(23)24/h2-9H,10H2,1H3,(H,18,21). The van der Waals surface area contributed by atoms with Gasteiger partial charge in [0, 0.05) is 25.3 Å². The van der Waals surface area contributed by atoms with Crippen molar-refractivity contribution in [3.63, 3.8) is 0 Å². The van der Waals surface area contributed by atoms with Crippen molar-refractivity contribution in [3.05, 3.63) is 69.2 Å². The van der Waals surface area contributed by atoms with Crippen LogP contribution in [0.25, 0.3) is 0 Å². The van der Waals surface area contributed by atoms with Crippen molar-refractivity contribution in [1.82, 2.24) is 4.90 Å². The molecule has 0 fully saturated rings. The van der Waals surface area contributed by atoms with Crippen LogP contribution in [0.3, 0.4) is 0 Å². The second kappa shape index (κ2) is 7.56. The fourth-order valence-corrected chi connectivity index (χ4v) is 2.20. The largest absolute Gasteiger partial charge is 0.333 e. The summed E-state index contributed by atoms with van der Waals surface area (Å²) in [5, 5.41) is 13.1. The van der Waals surface area contributed by atoms with E-state index in [4.69, 9.17) is 11.6 Å². The number of nitrogens with zero attached hydrogens (tertiary/aromatic N) is 2. The Balaban J connectivity index is 2.05. The van der Waals surface area contributed by atoms with E-state index in [1.165, 1.54) is 24.1 Å². The number of likely N-dealkylation sites (N-methyl/N-ethyl adjacent to an activating group) is 1. The maximum Gasteiger partial charge on any atom is 0.313 e. The van der Waals surface area contributed by atoms with Crippen molar-refractivity contribution in [2.24, 2.45) is 0 Å². The van der Waals surface area contributed by atoms with Gasteiger partial charge in [0.15, 0.2) is 0 Å². The van der Waals surface area contributed by atoms with E-state index in [2.05, 4.69) is 5.32 Å². The number of benzene rings is 2. The Hall–Kier alpha value is -2.93. The molecule has 0 spiro atoms. The lowest BCUT2D eigenvalue weighted by Gasteiger charge is -2.16. The summed E-state index contributed by atoms with van der Waals surface area (Å²) in [5.74, 6) is -1.64. The highest BCUT2D eigenvalue weighted by Crippen LogP contribution is 2.27. The number of nitrogens with one attached hydrogen (secondary N) is 1. The molecule has 2 aromatic carbocycles. The second-order valence-corrected chi connectivity index (χ2v) is 5.43. The summed E-state index contributed by atoms with van der Waals surface area (Å²) < 4.78 is 0. The molecule has 0 unspecified atom stereocenters. The van der Waals surface area contributed by atoms with Crippen LogP contribution in [0, 0.1) is 10.1 Å². The Labute approximate surface area is 143 Å². The third kappa shape index (κ3) is 4.30. The van der Waals surface area contributed by atoms with E-state index in [0.29, 0.717) is 0 Å². The van der Waals surface area contributed by atoms with Gasteiger partial charge in [0.1, 0.15) is 5.02 Å². The van der Waals surface area contributed by atoms with Crippen LogP contribution < -0.4 is 5.32 Å². The zero-order valence-electron chi connectivity index (χ0n) is 12.7. The van der Waals surface area contributed by atoms with E-state index in [0.717, 1.165) is 11.6 Å². The molecule has 1 N–H and O–H groups in total. The van der Waals surface area contributed by atoms with Crippen LogP contribution in [0.2, 0.25) is 5.02 Å². The predicted octanol–water partition coefficient (Wildman–Crippen LogP) is 2.85. The lowest BCUT2D eigenvalue weighted by Crippen LogP contribution is -2.36. The first-order chi connectivity index (χ1) is 11.4. The van der Waals surface area contributed by atoms with Crippen molar-refractivity contribution in [2.75, 3.05) is 12.4 Å². The molecule has 124 valence electrons. The average Bonchev–Trinajstić information content (AvgIpc) is 2.56. The zero-order valence-corrected chi connectivity index (χ0v) is 13.5. The van der Waals surface area contributed by atoms with Crippen LogP contribution in [0.1, 0.15) is 5.56 Å². The molecule has 0 aliphatic heterocycles. The van der Waals surface area contributed by atoms with Crippen molar-refractivity contribution in [1.29, 1.82) is 0 Å². The Kier molecular flexibility index (Phi) is 5.49. The molecule has 0 saturated heterocycles. The normalized spacial score (nSPS) is 10.1. The van der Waals surface area contributed by atoms with E-state index in [9.17, 15) is 19.7 Å². The zero-order chi connectivity index (χ0) is 17.7. The lowest BCUT2D eigenvalue weighted by molar-refractivity contribution is -0.384. The first-order valence-electron chi connectivity index (χ1n) is 6.93. The quantitative estimate of drug-likeness (QED) is 0.523. The molecule has 2 aromatic rings. The van der Waals surface area contributed by atoms with Gasteiger partial charge < -0.3 is 10.2 Å². The molecule has 0 aliphatic rings. The minimum atomic E-state index is -0.884. The van der Waals surface area contributed by atoms with Gasteiger partial charge in [-0.3, -0.25) is 19.7 Å². The summed E-state index contributed by atoms with van der Waals surface area (Å²) in [5.41, 5.74) is 0.653. The lowest BCUT2D eigenvalue weighted by atomic mass is 10.2. The summed E-state index contributed by atoms with van der Waals surface area (Å²) in [7, 11) is 1.50. The van der Waals surface area contributed by atoms with Crippen LogP contribution in [0.5, 0.6) is 0 Å². The number of nitro groups is 1. The first kappa shape index (κ1) is 17.4.